The van der Waals surface area contributed by atoms with Gasteiger partial charge in [-0.15, -0.1) is 0 Å². The Balaban J connectivity index is 5.02. The second kappa shape index (κ2) is 7.44. The van der Waals surface area contributed by atoms with E-state index < -0.39 is 12.1 Å². The Labute approximate surface area is 123 Å². The largest absolute Gasteiger partial charge is 0.466 e. The summed E-state index contributed by atoms with van der Waals surface area (Å²) in [4.78, 5) is 11.4. The van der Waals surface area contributed by atoms with Crippen molar-refractivity contribution in [2.75, 3.05) is 7.11 Å². The SMILES string of the molecule is C=C(C(=O)OC)[C@H](C)[C@@H](O)/C(C)=C/C(C)=C/C(C)(C)C. The van der Waals surface area contributed by atoms with Crippen LogP contribution in [0.1, 0.15) is 41.5 Å². The van der Waals surface area contributed by atoms with Gasteiger partial charge >= 0.3 is 5.97 Å². The first-order chi connectivity index (χ1) is 8.99. The molecule has 114 valence electrons. The number of aliphatic hydroxyl groups excluding tert-OH is 1. The van der Waals surface area contributed by atoms with Gasteiger partial charge in [-0.1, -0.05) is 52.0 Å². The molecule has 0 amide bonds. The highest BCUT2D eigenvalue weighted by molar-refractivity contribution is 5.88. The number of aliphatic hydroxyl groups is 1. The van der Waals surface area contributed by atoms with E-state index in [-0.39, 0.29) is 16.9 Å². The average Bonchev–Trinajstić information content (AvgIpc) is 2.32. The van der Waals surface area contributed by atoms with E-state index in [9.17, 15) is 9.90 Å². The first-order valence-corrected chi connectivity index (χ1v) is 6.82. The summed E-state index contributed by atoms with van der Waals surface area (Å²) in [5, 5.41) is 10.3. The minimum atomic E-state index is -0.745. The lowest BCUT2D eigenvalue weighted by Crippen LogP contribution is -2.24. The molecule has 0 rings (SSSR count). The summed E-state index contributed by atoms with van der Waals surface area (Å²) in [6.45, 7) is 15.7. The van der Waals surface area contributed by atoms with Gasteiger partial charge < -0.3 is 9.84 Å². The Morgan fingerprint density at radius 2 is 1.80 bits per heavy atom. The van der Waals surface area contributed by atoms with E-state index in [1.165, 1.54) is 7.11 Å². The van der Waals surface area contributed by atoms with E-state index >= 15 is 0 Å². The van der Waals surface area contributed by atoms with Crippen molar-refractivity contribution in [2.45, 2.75) is 47.6 Å². The molecule has 0 aliphatic heterocycles. The van der Waals surface area contributed by atoms with Crippen LogP contribution in [0.3, 0.4) is 0 Å². The molecule has 2 atom stereocenters. The topological polar surface area (TPSA) is 46.5 Å². The molecule has 0 fully saturated rings. The number of carbonyl (C=O) groups excluding carboxylic acids is 1. The van der Waals surface area contributed by atoms with Gasteiger partial charge in [0.2, 0.25) is 0 Å². The summed E-state index contributed by atoms with van der Waals surface area (Å²) in [6, 6.07) is 0. The first kappa shape index (κ1) is 18.7. The van der Waals surface area contributed by atoms with Crippen LogP contribution >= 0.6 is 0 Å². The zero-order chi connectivity index (χ0) is 16.1. The van der Waals surface area contributed by atoms with Crippen LogP contribution in [0.2, 0.25) is 0 Å². The fraction of sp³-hybridized carbons (Fsp3) is 0.588. The number of esters is 1. The predicted octanol–water partition coefficient (Wildman–Crippen LogP) is 3.65. The van der Waals surface area contributed by atoms with E-state index in [0.717, 1.165) is 11.1 Å². The number of hydrogen-bond donors (Lipinski definition) is 1. The van der Waals surface area contributed by atoms with Gasteiger partial charge in [-0.2, -0.15) is 0 Å². The fourth-order valence-electron chi connectivity index (χ4n) is 2.07. The quantitative estimate of drug-likeness (QED) is 0.475. The van der Waals surface area contributed by atoms with Crippen LogP contribution in [0.5, 0.6) is 0 Å². The van der Waals surface area contributed by atoms with Crippen molar-refractivity contribution in [3.05, 3.63) is 35.5 Å². The number of ether oxygens (including phenoxy) is 1. The summed E-state index contributed by atoms with van der Waals surface area (Å²) in [5.74, 6) is -0.854. The summed E-state index contributed by atoms with van der Waals surface area (Å²) in [7, 11) is 1.31. The molecule has 0 unspecified atom stereocenters. The van der Waals surface area contributed by atoms with Crippen LogP contribution in [0.15, 0.2) is 35.5 Å². The Morgan fingerprint density at radius 1 is 1.30 bits per heavy atom. The van der Waals surface area contributed by atoms with Crippen LogP contribution in [0.25, 0.3) is 0 Å². The molecule has 0 bridgehead atoms. The normalized spacial score (nSPS) is 16.6. The molecular formula is C17H28O3. The molecule has 3 heteroatoms. The molecule has 20 heavy (non-hydrogen) atoms. The number of allylic oxidation sites excluding steroid dienone is 3. The Morgan fingerprint density at radius 3 is 2.20 bits per heavy atom. The van der Waals surface area contributed by atoms with Crippen molar-refractivity contribution in [3.63, 3.8) is 0 Å². The van der Waals surface area contributed by atoms with Crippen molar-refractivity contribution >= 4 is 5.97 Å². The minimum Gasteiger partial charge on any atom is -0.466 e. The van der Waals surface area contributed by atoms with E-state index in [2.05, 4.69) is 38.2 Å². The van der Waals surface area contributed by atoms with Gasteiger partial charge in [0, 0.05) is 11.5 Å². The number of hydrogen-bond acceptors (Lipinski definition) is 3. The first-order valence-electron chi connectivity index (χ1n) is 6.82. The maximum absolute atomic E-state index is 11.4. The Bertz CT molecular complexity index is 422. The van der Waals surface area contributed by atoms with Gasteiger partial charge in [-0.3, -0.25) is 0 Å². The highest BCUT2D eigenvalue weighted by Gasteiger charge is 2.23. The Hall–Kier alpha value is -1.35. The summed E-state index contributed by atoms with van der Waals surface area (Å²) in [5.41, 5.74) is 2.27. The summed E-state index contributed by atoms with van der Waals surface area (Å²) in [6.07, 6.45) is 3.34. The van der Waals surface area contributed by atoms with Gasteiger partial charge in [0.15, 0.2) is 0 Å². The molecule has 3 nitrogen and oxygen atoms in total. The van der Waals surface area contributed by atoms with E-state index in [1.807, 2.05) is 19.9 Å². The molecular weight excluding hydrogens is 252 g/mol. The van der Waals surface area contributed by atoms with Gasteiger partial charge in [-0.25, -0.2) is 4.79 Å². The van der Waals surface area contributed by atoms with Gasteiger partial charge in [0.1, 0.15) is 0 Å². The number of carbonyl (C=O) groups is 1. The van der Waals surface area contributed by atoms with E-state index in [0.29, 0.717) is 0 Å². The van der Waals surface area contributed by atoms with Crippen LogP contribution in [0, 0.1) is 11.3 Å². The van der Waals surface area contributed by atoms with Crippen molar-refractivity contribution in [1.29, 1.82) is 0 Å². The average molecular weight is 280 g/mol. The molecule has 0 saturated heterocycles. The van der Waals surface area contributed by atoms with Crippen LogP contribution in [0.4, 0.5) is 0 Å². The summed E-state index contributed by atoms with van der Waals surface area (Å²) >= 11 is 0. The second-order valence-corrected chi connectivity index (χ2v) is 6.39. The molecule has 0 aromatic rings. The smallest absolute Gasteiger partial charge is 0.333 e. The van der Waals surface area contributed by atoms with Crippen molar-refractivity contribution in [2.24, 2.45) is 11.3 Å². The molecule has 1 N–H and O–H groups in total. The summed E-state index contributed by atoms with van der Waals surface area (Å²) < 4.78 is 4.63. The van der Waals surface area contributed by atoms with Gasteiger partial charge in [-0.05, 0) is 24.8 Å². The Kier molecular flexibility index (Phi) is 6.94. The highest BCUT2D eigenvalue weighted by Crippen LogP contribution is 2.23. The van der Waals surface area contributed by atoms with Crippen molar-refractivity contribution < 1.29 is 14.6 Å². The molecule has 0 heterocycles. The van der Waals surface area contributed by atoms with Gasteiger partial charge in [0.05, 0.1) is 13.2 Å². The lowest BCUT2D eigenvalue weighted by Gasteiger charge is -2.21. The maximum Gasteiger partial charge on any atom is 0.333 e. The number of rotatable bonds is 5. The molecule has 0 aromatic heterocycles. The van der Waals surface area contributed by atoms with Gasteiger partial charge in [0.25, 0.3) is 0 Å². The van der Waals surface area contributed by atoms with Crippen LogP contribution < -0.4 is 0 Å². The van der Waals surface area contributed by atoms with Crippen molar-refractivity contribution in [3.8, 4) is 0 Å². The predicted molar refractivity (Wildman–Crippen MR) is 83.3 cm³/mol. The molecule has 0 saturated carbocycles. The third-order valence-electron chi connectivity index (χ3n) is 3.05. The van der Waals surface area contributed by atoms with Crippen molar-refractivity contribution in [1.82, 2.24) is 0 Å². The molecule has 0 radical (unpaired) electrons. The van der Waals surface area contributed by atoms with Crippen LogP contribution in [-0.2, 0) is 9.53 Å². The molecule has 0 aliphatic carbocycles. The van der Waals surface area contributed by atoms with Crippen LogP contribution in [-0.4, -0.2) is 24.3 Å². The minimum absolute atomic E-state index is 0.0903. The number of methoxy groups -OCH3 is 1. The fourth-order valence-corrected chi connectivity index (χ4v) is 2.07. The third-order valence-corrected chi connectivity index (χ3v) is 3.05. The monoisotopic (exact) mass is 280 g/mol. The van der Waals surface area contributed by atoms with E-state index in [4.69, 9.17) is 0 Å². The second-order valence-electron chi connectivity index (χ2n) is 6.39. The highest BCUT2D eigenvalue weighted by atomic mass is 16.5. The van der Waals surface area contributed by atoms with E-state index in [1.54, 1.807) is 6.92 Å². The standard InChI is InChI=1S/C17H28O3/c1-11(10-17(5,6)7)9-12(2)15(18)13(3)14(4)16(19)20-8/h9-10,13,15,18H,4H2,1-3,5-8H3/b11-10+,12-9+/t13-,15-/m0/s1. The maximum atomic E-state index is 11.4. The third kappa shape index (κ3) is 6.20. The zero-order valence-corrected chi connectivity index (χ0v) is 13.8. The lowest BCUT2D eigenvalue weighted by atomic mass is 9.89. The molecule has 0 aliphatic rings. The molecule has 0 spiro atoms. The zero-order valence-electron chi connectivity index (χ0n) is 13.8. The lowest BCUT2D eigenvalue weighted by molar-refractivity contribution is -0.137. The molecule has 0 aromatic carbocycles.